The van der Waals surface area contributed by atoms with Gasteiger partial charge in [0.2, 0.25) is 0 Å². The van der Waals surface area contributed by atoms with Gasteiger partial charge in [-0.3, -0.25) is 5.32 Å². The number of carbonyl (C=O) groups excluding carboxylic acids is 1. The molecule has 1 aromatic heterocycles. The van der Waals surface area contributed by atoms with E-state index in [1.165, 1.54) is 0 Å². The molecule has 0 bridgehead atoms. The van der Waals surface area contributed by atoms with Crippen molar-refractivity contribution >= 4 is 17.6 Å². The van der Waals surface area contributed by atoms with Crippen LogP contribution in [0.3, 0.4) is 0 Å². The van der Waals surface area contributed by atoms with Crippen LogP contribution in [-0.4, -0.2) is 36.4 Å². The van der Waals surface area contributed by atoms with Crippen molar-refractivity contribution in [3.8, 4) is 0 Å². The number of hydrogen-bond donors (Lipinski definition) is 2. The minimum atomic E-state index is -0.528. The molecule has 0 aliphatic rings. The Balaban J connectivity index is 2.55. The van der Waals surface area contributed by atoms with Gasteiger partial charge in [0, 0.05) is 13.2 Å². The van der Waals surface area contributed by atoms with E-state index in [-0.39, 0.29) is 6.04 Å². The number of carbonyl (C=O) groups is 1. The van der Waals surface area contributed by atoms with E-state index in [0.29, 0.717) is 12.4 Å². The fourth-order valence-electron chi connectivity index (χ4n) is 1.66. The molecule has 6 nitrogen and oxygen atoms in total. The van der Waals surface area contributed by atoms with Crippen molar-refractivity contribution in [2.45, 2.75) is 45.8 Å². The van der Waals surface area contributed by atoms with E-state index in [1.54, 1.807) is 19.4 Å². The van der Waals surface area contributed by atoms with Crippen LogP contribution in [0.2, 0.25) is 0 Å². The molecular weight excluding hydrogens is 270 g/mol. The first-order chi connectivity index (χ1) is 9.84. The van der Waals surface area contributed by atoms with Crippen LogP contribution in [0.1, 0.15) is 34.1 Å². The van der Waals surface area contributed by atoms with Gasteiger partial charge in [-0.15, -0.1) is 0 Å². The molecule has 0 aromatic carbocycles. The fraction of sp³-hybridized carbons (Fsp3) is 0.600. The number of nitrogens with zero attached hydrogens (tertiary/aromatic N) is 1. The second kappa shape index (κ2) is 7.83. The number of ether oxygens (including phenoxy) is 2. The van der Waals surface area contributed by atoms with Crippen LogP contribution in [0.15, 0.2) is 18.3 Å². The van der Waals surface area contributed by atoms with Crippen LogP contribution in [0.5, 0.6) is 0 Å². The third kappa shape index (κ3) is 6.94. The third-order valence-corrected chi connectivity index (χ3v) is 2.62. The first kappa shape index (κ1) is 17.2. The molecule has 1 amide bonds. The summed E-state index contributed by atoms with van der Waals surface area (Å²) in [5.41, 5.74) is 0.355. The highest BCUT2D eigenvalue weighted by molar-refractivity contribution is 5.83. The largest absolute Gasteiger partial charge is 0.444 e. The van der Waals surface area contributed by atoms with E-state index in [4.69, 9.17) is 9.47 Å². The fourth-order valence-corrected chi connectivity index (χ4v) is 1.66. The van der Waals surface area contributed by atoms with Gasteiger partial charge in [0.15, 0.2) is 0 Å². The zero-order chi connectivity index (χ0) is 15.9. The molecule has 1 heterocycles. The minimum absolute atomic E-state index is 0.237. The summed E-state index contributed by atoms with van der Waals surface area (Å²) in [6.07, 6.45) is 2.11. The van der Waals surface area contributed by atoms with Crippen LogP contribution < -0.4 is 10.6 Å². The molecule has 21 heavy (non-hydrogen) atoms. The van der Waals surface area contributed by atoms with E-state index in [0.717, 1.165) is 12.1 Å². The molecular formula is C15H25N3O3. The van der Waals surface area contributed by atoms with Crippen molar-refractivity contribution in [2.24, 2.45) is 0 Å². The van der Waals surface area contributed by atoms with Gasteiger partial charge in [-0.05, 0) is 39.3 Å². The van der Waals surface area contributed by atoms with Crippen LogP contribution in [0.4, 0.5) is 16.3 Å². The molecule has 1 aromatic rings. The summed E-state index contributed by atoms with van der Waals surface area (Å²) in [5, 5.41) is 5.91. The zero-order valence-corrected chi connectivity index (χ0v) is 13.4. The molecule has 0 radical (unpaired) electrons. The van der Waals surface area contributed by atoms with E-state index in [1.807, 2.05) is 26.8 Å². The molecule has 118 valence electrons. The van der Waals surface area contributed by atoms with Gasteiger partial charge in [-0.25, -0.2) is 9.78 Å². The molecule has 0 spiro atoms. The average Bonchev–Trinajstić information content (AvgIpc) is 2.38. The lowest BCUT2D eigenvalue weighted by Gasteiger charge is -2.19. The summed E-state index contributed by atoms with van der Waals surface area (Å²) < 4.78 is 10.3. The predicted octanol–water partition coefficient (Wildman–Crippen LogP) is 3.27. The van der Waals surface area contributed by atoms with Gasteiger partial charge in [-0.1, -0.05) is 6.92 Å². The first-order valence-corrected chi connectivity index (χ1v) is 7.05. The van der Waals surface area contributed by atoms with Crippen molar-refractivity contribution < 1.29 is 14.3 Å². The summed E-state index contributed by atoms with van der Waals surface area (Å²) in [4.78, 5) is 15.8. The van der Waals surface area contributed by atoms with Gasteiger partial charge in [0.1, 0.15) is 11.4 Å². The lowest BCUT2D eigenvalue weighted by atomic mass is 10.2. The SMILES string of the molecule is CCC(COC)Nc1ccc(NC(=O)OC(C)(C)C)nc1. The highest BCUT2D eigenvalue weighted by Crippen LogP contribution is 2.14. The maximum absolute atomic E-state index is 11.6. The Morgan fingerprint density at radius 1 is 1.38 bits per heavy atom. The maximum Gasteiger partial charge on any atom is 0.413 e. The molecule has 0 aliphatic carbocycles. The van der Waals surface area contributed by atoms with Crippen molar-refractivity contribution in [1.29, 1.82) is 0 Å². The Kier molecular flexibility index (Phi) is 6.42. The second-order valence-electron chi connectivity index (χ2n) is 5.76. The Hall–Kier alpha value is -1.82. The topological polar surface area (TPSA) is 72.5 Å². The molecule has 2 N–H and O–H groups in total. The van der Waals surface area contributed by atoms with Gasteiger partial charge in [0.05, 0.1) is 18.5 Å². The Bertz CT molecular complexity index is 440. The third-order valence-electron chi connectivity index (χ3n) is 2.62. The smallest absolute Gasteiger partial charge is 0.413 e. The summed E-state index contributed by atoms with van der Waals surface area (Å²) >= 11 is 0. The molecule has 1 unspecified atom stereocenters. The molecule has 0 saturated heterocycles. The number of amides is 1. The molecule has 0 saturated carbocycles. The molecule has 6 heteroatoms. The predicted molar refractivity (Wildman–Crippen MR) is 83.7 cm³/mol. The highest BCUT2D eigenvalue weighted by atomic mass is 16.6. The zero-order valence-electron chi connectivity index (χ0n) is 13.4. The maximum atomic E-state index is 11.6. The van der Waals surface area contributed by atoms with Gasteiger partial charge in [-0.2, -0.15) is 0 Å². The highest BCUT2D eigenvalue weighted by Gasteiger charge is 2.16. The van der Waals surface area contributed by atoms with E-state index >= 15 is 0 Å². The summed E-state index contributed by atoms with van der Waals surface area (Å²) in [5.74, 6) is 0.453. The standard InChI is InChI=1S/C15H25N3O3/c1-6-11(10-20-5)17-12-7-8-13(16-9-12)18-14(19)21-15(2,3)4/h7-9,11,17H,6,10H2,1-5H3,(H,16,18,19). The quantitative estimate of drug-likeness (QED) is 0.842. The Labute approximate surface area is 126 Å². The number of methoxy groups -OCH3 is 1. The molecule has 0 aliphatic heterocycles. The molecule has 1 atom stereocenters. The van der Waals surface area contributed by atoms with Gasteiger partial charge < -0.3 is 14.8 Å². The first-order valence-electron chi connectivity index (χ1n) is 7.05. The number of nitrogens with one attached hydrogen (secondary N) is 2. The van der Waals surface area contributed by atoms with Crippen molar-refractivity contribution in [2.75, 3.05) is 24.4 Å². The summed E-state index contributed by atoms with van der Waals surface area (Å²) in [6.45, 7) is 8.16. The number of pyridine rings is 1. The van der Waals surface area contributed by atoms with Crippen molar-refractivity contribution in [3.05, 3.63) is 18.3 Å². The van der Waals surface area contributed by atoms with Crippen molar-refractivity contribution in [3.63, 3.8) is 0 Å². The van der Waals surface area contributed by atoms with Gasteiger partial charge in [0.25, 0.3) is 0 Å². The van der Waals surface area contributed by atoms with Crippen LogP contribution in [-0.2, 0) is 9.47 Å². The monoisotopic (exact) mass is 295 g/mol. The lowest BCUT2D eigenvalue weighted by Crippen LogP contribution is -2.27. The second-order valence-corrected chi connectivity index (χ2v) is 5.76. The number of hydrogen-bond acceptors (Lipinski definition) is 5. The molecule has 0 fully saturated rings. The lowest BCUT2D eigenvalue weighted by molar-refractivity contribution is 0.0635. The average molecular weight is 295 g/mol. The number of rotatable bonds is 6. The normalized spacial score (nSPS) is 12.6. The van der Waals surface area contributed by atoms with Crippen LogP contribution in [0.25, 0.3) is 0 Å². The summed E-state index contributed by atoms with van der Waals surface area (Å²) in [7, 11) is 1.68. The van der Waals surface area contributed by atoms with Crippen LogP contribution >= 0.6 is 0 Å². The number of aromatic nitrogens is 1. The van der Waals surface area contributed by atoms with Gasteiger partial charge >= 0.3 is 6.09 Å². The Morgan fingerprint density at radius 2 is 2.10 bits per heavy atom. The van der Waals surface area contributed by atoms with Crippen molar-refractivity contribution in [1.82, 2.24) is 4.98 Å². The van der Waals surface area contributed by atoms with E-state index < -0.39 is 11.7 Å². The van der Waals surface area contributed by atoms with E-state index in [2.05, 4.69) is 22.5 Å². The molecule has 1 rings (SSSR count). The van der Waals surface area contributed by atoms with E-state index in [9.17, 15) is 4.79 Å². The number of anilines is 2. The minimum Gasteiger partial charge on any atom is -0.444 e. The van der Waals surface area contributed by atoms with Crippen LogP contribution in [0, 0.1) is 0 Å². The Morgan fingerprint density at radius 3 is 2.57 bits per heavy atom. The summed E-state index contributed by atoms with van der Waals surface area (Å²) in [6, 6.07) is 3.82.